The molecular weight excluding hydrogens is 506 g/mol. The minimum absolute atomic E-state index is 0.163. The van der Waals surface area contributed by atoms with Crippen LogP contribution in [0.2, 0.25) is 0 Å². The summed E-state index contributed by atoms with van der Waals surface area (Å²) in [6.45, 7) is 0. The zero-order chi connectivity index (χ0) is 28.6. The maximum absolute atomic E-state index is 14.5. The highest BCUT2D eigenvalue weighted by Crippen LogP contribution is 2.49. The first-order valence-electron chi connectivity index (χ1n) is 11.5. The zero-order valence-electron chi connectivity index (χ0n) is 20.2. The molecule has 0 aliphatic heterocycles. The molecule has 0 fully saturated rings. The number of fused-ring (bicyclic) bond motifs is 3. The van der Waals surface area contributed by atoms with Crippen LogP contribution in [-0.2, 0) is 0 Å². The summed E-state index contributed by atoms with van der Waals surface area (Å²) in [7, 11) is 0. The predicted octanol–water partition coefficient (Wildman–Crippen LogP) is 6.61. The third-order valence-electron chi connectivity index (χ3n) is 6.66. The molecule has 182 valence electrons. The van der Waals surface area contributed by atoms with Gasteiger partial charge in [0, 0.05) is 16.7 Å². The summed E-state index contributed by atoms with van der Waals surface area (Å²) in [4.78, 5) is 0. The maximum atomic E-state index is 14.5. The molecule has 1 aliphatic rings. The van der Waals surface area contributed by atoms with Crippen molar-refractivity contribution < 1.29 is 8.78 Å². The van der Waals surface area contributed by atoms with Crippen molar-refractivity contribution in [1.82, 2.24) is 0 Å². The van der Waals surface area contributed by atoms with Crippen LogP contribution in [0.5, 0.6) is 0 Å². The number of hydrogen-bond donors (Lipinski definition) is 0. The second-order valence-corrected chi connectivity index (χ2v) is 8.70. The molecule has 0 saturated carbocycles. The van der Waals surface area contributed by atoms with Crippen LogP contribution in [0.3, 0.4) is 0 Å². The van der Waals surface area contributed by atoms with E-state index in [4.69, 9.17) is 10.5 Å². The Kier molecular flexibility index (Phi) is 6.09. The molecule has 0 atom stereocenters. The van der Waals surface area contributed by atoms with Crippen LogP contribution in [0.25, 0.3) is 39.0 Å². The molecule has 5 rings (SSSR count). The van der Waals surface area contributed by atoms with Gasteiger partial charge in [-0.15, -0.1) is 0 Å². The number of nitrogens with zero attached hydrogens (tertiary/aromatic N) is 6. The van der Waals surface area contributed by atoms with Gasteiger partial charge in [-0.3, -0.25) is 0 Å². The number of nitriles is 6. The van der Waals surface area contributed by atoms with E-state index in [1.165, 1.54) is 24.3 Å². The number of benzene rings is 4. The van der Waals surface area contributed by atoms with Crippen LogP contribution in [0.1, 0.15) is 33.4 Å². The summed E-state index contributed by atoms with van der Waals surface area (Å²) in [6.07, 6.45) is 0. The summed E-state index contributed by atoms with van der Waals surface area (Å²) in [6, 6.07) is 25.6. The highest BCUT2D eigenvalue weighted by Gasteiger charge is 2.30. The van der Waals surface area contributed by atoms with Gasteiger partial charge in [-0.2, -0.15) is 31.6 Å². The molecule has 6 nitrogen and oxygen atoms in total. The van der Waals surface area contributed by atoms with E-state index in [1.807, 2.05) is 12.1 Å². The quantitative estimate of drug-likeness (QED) is 0.241. The Morgan fingerprint density at radius 1 is 0.450 bits per heavy atom. The molecule has 0 bridgehead atoms. The fraction of sp³-hybridized carbons (Fsp3) is 0. The molecule has 8 heteroatoms. The van der Waals surface area contributed by atoms with Crippen molar-refractivity contribution in [2.75, 3.05) is 0 Å². The zero-order valence-corrected chi connectivity index (χ0v) is 20.2. The van der Waals surface area contributed by atoms with Gasteiger partial charge in [0.2, 0.25) is 0 Å². The Hall–Kier alpha value is -6.58. The minimum atomic E-state index is -0.767. The molecule has 0 heterocycles. The van der Waals surface area contributed by atoms with Gasteiger partial charge < -0.3 is 0 Å². The third kappa shape index (κ3) is 3.80. The van der Waals surface area contributed by atoms with Gasteiger partial charge in [0.05, 0.1) is 34.4 Å². The Balaban J connectivity index is 1.83. The van der Waals surface area contributed by atoms with E-state index in [2.05, 4.69) is 12.1 Å². The van der Waals surface area contributed by atoms with Crippen LogP contribution < -0.4 is 0 Å². The largest absolute Gasteiger partial charge is 0.206 e. The van der Waals surface area contributed by atoms with Crippen molar-refractivity contribution in [3.05, 3.63) is 111 Å². The van der Waals surface area contributed by atoms with E-state index in [9.17, 15) is 29.8 Å². The molecular formula is C32H10F2N6. The number of rotatable bonds is 2. The molecule has 1 aliphatic carbocycles. The molecule has 0 spiro atoms. The Labute approximate surface area is 227 Å². The fourth-order valence-electron chi connectivity index (χ4n) is 4.82. The van der Waals surface area contributed by atoms with Crippen LogP contribution in [-0.4, -0.2) is 0 Å². The first kappa shape index (κ1) is 25.1. The van der Waals surface area contributed by atoms with Crippen LogP contribution >= 0.6 is 0 Å². The maximum Gasteiger partial charge on any atom is 0.141 e. The standard InChI is InChI=1S/C32H10F2N6/c33-30-7-17(1-3-19(30)11-35)24-9-28-26(5-21(24)13-37)27-6-22(14-38)25(10-29(27)32(28)23(15-39)16-40)18-2-4-20(12-36)31(34)8-18/h1-10H. The molecule has 0 aromatic heterocycles. The molecule has 40 heavy (non-hydrogen) atoms. The first-order valence-corrected chi connectivity index (χ1v) is 11.5. The van der Waals surface area contributed by atoms with E-state index in [0.717, 1.165) is 12.1 Å². The normalized spacial score (nSPS) is 10.6. The van der Waals surface area contributed by atoms with E-state index in [-0.39, 0.29) is 33.4 Å². The smallest absolute Gasteiger partial charge is 0.141 e. The lowest BCUT2D eigenvalue weighted by Crippen LogP contribution is -1.93. The molecule has 0 unspecified atom stereocenters. The molecule has 4 aromatic carbocycles. The summed E-state index contributed by atoms with van der Waals surface area (Å²) < 4.78 is 28.9. The second kappa shape index (κ2) is 9.71. The topological polar surface area (TPSA) is 143 Å². The Bertz CT molecular complexity index is 1950. The van der Waals surface area contributed by atoms with Crippen molar-refractivity contribution in [1.29, 1.82) is 31.6 Å². The van der Waals surface area contributed by atoms with E-state index in [0.29, 0.717) is 44.5 Å². The van der Waals surface area contributed by atoms with E-state index >= 15 is 0 Å². The monoisotopic (exact) mass is 516 g/mol. The number of allylic oxidation sites excluding steroid dienone is 1. The van der Waals surface area contributed by atoms with Gasteiger partial charge in [-0.1, -0.05) is 12.1 Å². The summed E-state index contributed by atoms with van der Waals surface area (Å²) in [5, 5.41) is 57.6. The van der Waals surface area contributed by atoms with Gasteiger partial charge in [0.15, 0.2) is 0 Å². The van der Waals surface area contributed by atoms with Crippen molar-refractivity contribution >= 4 is 5.57 Å². The number of hydrogen-bond acceptors (Lipinski definition) is 6. The fourth-order valence-corrected chi connectivity index (χ4v) is 4.82. The molecule has 4 aromatic rings. The molecule has 0 saturated heterocycles. The average Bonchev–Trinajstić information content (AvgIpc) is 3.28. The first-order chi connectivity index (χ1) is 19.4. The third-order valence-corrected chi connectivity index (χ3v) is 6.66. The molecule has 0 radical (unpaired) electrons. The Morgan fingerprint density at radius 2 is 0.850 bits per heavy atom. The second-order valence-electron chi connectivity index (χ2n) is 8.70. The summed E-state index contributed by atoms with van der Waals surface area (Å²) in [5.41, 5.74) is 3.08. The SMILES string of the molecule is N#CC(C#N)=C1c2cc(-c3ccc(C#N)c(F)c3)c(C#N)cc2-c2cc(C#N)c(-c3ccc(C#N)c(F)c3)cc21. The van der Waals surface area contributed by atoms with Crippen molar-refractivity contribution in [2.24, 2.45) is 0 Å². The Morgan fingerprint density at radius 3 is 1.18 bits per heavy atom. The minimum Gasteiger partial charge on any atom is -0.206 e. The molecule has 0 N–H and O–H groups in total. The van der Waals surface area contributed by atoms with Crippen molar-refractivity contribution in [3.8, 4) is 69.8 Å². The van der Waals surface area contributed by atoms with Crippen molar-refractivity contribution in [3.63, 3.8) is 0 Å². The average molecular weight is 516 g/mol. The van der Waals surface area contributed by atoms with Gasteiger partial charge in [0.1, 0.15) is 41.5 Å². The van der Waals surface area contributed by atoms with Gasteiger partial charge in [-0.05, 0) is 81.9 Å². The lowest BCUT2D eigenvalue weighted by Gasteiger charge is -2.10. The van der Waals surface area contributed by atoms with Gasteiger partial charge in [0.25, 0.3) is 0 Å². The van der Waals surface area contributed by atoms with Crippen LogP contribution in [0.4, 0.5) is 8.78 Å². The van der Waals surface area contributed by atoms with Crippen LogP contribution in [0.15, 0.2) is 66.2 Å². The lowest BCUT2D eigenvalue weighted by atomic mass is 9.91. The molecule has 0 amide bonds. The summed E-state index contributed by atoms with van der Waals surface area (Å²) >= 11 is 0. The highest BCUT2D eigenvalue weighted by atomic mass is 19.1. The van der Waals surface area contributed by atoms with E-state index in [1.54, 1.807) is 36.4 Å². The van der Waals surface area contributed by atoms with Gasteiger partial charge >= 0.3 is 0 Å². The predicted molar refractivity (Wildman–Crippen MR) is 139 cm³/mol. The lowest BCUT2D eigenvalue weighted by molar-refractivity contribution is 0.624. The van der Waals surface area contributed by atoms with E-state index < -0.39 is 11.6 Å². The summed E-state index contributed by atoms with van der Waals surface area (Å²) in [5.74, 6) is -1.53. The number of halogens is 2. The van der Waals surface area contributed by atoms with Crippen LogP contribution in [0, 0.1) is 79.6 Å². The van der Waals surface area contributed by atoms with Gasteiger partial charge in [-0.25, -0.2) is 8.78 Å². The highest BCUT2D eigenvalue weighted by molar-refractivity contribution is 6.07. The van der Waals surface area contributed by atoms with Crippen molar-refractivity contribution in [2.45, 2.75) is 0 Å².